The number of hydrogen-bond acceptors (Lipinski definition) is 4. The lowest BCUT2D eigenvalue weighted by Gasteiger charge is -2.16. The monoisotopic (exact) mass is 372 g/mol. The van der Waals surface area contributed by atoms with E-state index in [1.165, 1.54) is 14.2 Å². The summed E-state index contributed by atoms with van der Waals surface area (Å²) in [6.45, 7) is -1.53. The third-order valence-electron chi connectivity index (χ3n) is 2.41. The van der Waals surface area contributed by atoms with Crippen LogP contribution in [0.3, 0.4) is 0 Å². The maximum absolute atomic E-state index is 11.9. The first-order chi connectivity index (χ1) is 9.91. The number of alkyl halides is 4. The predicted molar refractivity (Wildman–Crippen MR) is 74.5 cm³/mol. The highest BCUT2D eigenvalue weighted by Gasteiger charge is 2.27. The zero-order valence-corrected chi connectivity index (χ0v) is 13.2. The van der Waals surface area contributed by atoms with E-state index in [0.29, 0.717) is 22.6 Å². The lowest BCUT2D eigenvalue weighted by molar-refractivity contribution is -0.175. The summed E-state index contributed by atoms with van der Waals surface area (Å²) in [7, 11) is 2.94. The van der Waals surface area contributed by atoms with Crippen molar-refractivity contribution in [3.8, 4) is 17.2 Å². The summed E-state index contributed by atoms with van der Waals surface area (Å²) < 4.78 is 56.0. The largest absolute Gasteiger partial charge is 0.493 e. The number of rotatable bonds is 8. The van der Waals surface area contributed by atoms with Crippen LogP contribution in [-0.2, 0) is 10.1 Å². The molecule has 0 saturated carbocycles. The molecule has 1 aromatic carbocycles. The van der Waals surface area contributed by atoms with Crippen LogP contribution in [0.25, 0.3) is 0 Å². The van der Waals surface area contributed by atoms with Gasteiger partial charge in [-0.25, -0.2) is 0 Å². The number of hydrogen-bond donors (Lipinski definition) is 0. The molecule has 0 bridgehead atoms. The first kappa shape index (κ1) is 17.9. The Morgan fingerprint density at radius 2 is 1.62 bits per heavy atom. The Morgan fingerprint density at radius 1 is 1.05 bits per heavy atom. The molecule has 0 aromatic heterocycles. The molecule has 0 spiro atoms. The fourth-order valence-corrected chi connectivity index (χ4v) is 1.87. The lowest BCUT2D eigenvalue weighted by Crippen LogP contribution is -2.19. The van der Waals surface area contributed by atoms with Crippen molar-refractivity contribution in [1.82, 2.24) is 0 Å². The second-order valence-corrected chi connectivity index (χ2v) is 4.54. The summed E-state index contributed by atoms with van der Waals surface area (Å²) in [5.74, 6) is 1.22. The van der Waals surface area contributed by atoms with Gasteiger partial charge in [0.15, 0.2) is 11.5 Å². The van der Waals surface area contributed by atoms with Crippen LogP contribution in [0.4, 0.5) is 13.2 Å². The molecule has 0 aliphatic rings. The summed E-state index contributed by atoms with van der Waals surface area (Å²) >= 11 is 3.32. The third-order valence-corrected chi connectivity index (χ3v) is 3.06. The first-order valence-electron chi connectivity index (χ1n) is 5.99. The van der Waals surface area contributed by atoms with Gasteiger partial charge in [0.2, 0.25) is 5.75 Å². The Kier molecular flexibility index (Phi) is 7.10. The molecule has 21 heavy (non-hydrogen) atoms. The number of halogens is 4. The molecule has 8 heteroatoms. The molecule has 0 N–H and O–H groups in total. The SMILES string of the molecule is COc1cc(CBr)cc(OC)c1OCCOCC(F)(F)F. The molecule has 0 aliphatic heterocycles. The Hall–Kier alpha value is -1.15. The van der Waals surface area contributed by atoms with Crippen molar-refractivity contribution >= 4 is 15.9 Å². The summed E-state index contributed by atoms with van der Waals surface area (Å²) in [4.78, 5) is 0. The van der Waals surface area contributed by atoms with E-state index in [1.54, 1.807) is 12.1 Å². The van der Waals surface area contributed by atoms with Crippen molar-refractivity contribution in [3.63, 3.8) is 0 Å². The molecular weight excluding hydrogens is 357 g/mol. The molecule has 1 aromatic rings. The van der Waals surface area contributed by atoms with Crippen molar-refractivity contribution in [2.24, 2.45) is 0 Å². The van der Waals surface area contributed by atoms with Gasteiger partial charge in [0.05, 0.1) is 20.8 Å². The van der Waals surface area contributed by atoms with Crippen LogP contribution < -0.4 is 14.2 Å². The van der Waals surface area contributed by atoms with Gasteiger partial charge in [-0.2, -0.15) is 13.2 Å². The van der Waals surface area contributed by atoms with Gasteiger partial charge >= 0.3 is 6.18 Å². The van der Waals surface area contributed by atoms with E-state index in [1.807, 2.05) is 0 Å². The maximum Gasteiger partial charge on any atom is 0.411 e. The Labute approximate surface area is 129 Å². The van der Waals surface area contributed by atoms with Crippen LogP contribution in [0.5, 0.6) is 17.2 Å². The van der Waals surface area contributed by atoms with Crippen molar-refractivity contribution in [2.75, 3.05) is 34.0 Å². The van der Waals surface area contributed by atoms with Crippen LogP contribution in [0, 0.1) is 0 Å². The minimum atomic E-state index is -4.34. The van der Waals surface area contributed by atoms with Gasteiger partial charge in [0.1, 0.15) is 13.2 Å². The van der Waals surface area contributed by atoms with Gasteiger partial charge in [0, 0.05) is 5.33 Å². The van der Waals surface area contributed by atoms with E-state index in [0.717, 1.165) is 5.56 Å². The molecule has 0 atom stereocenters. The second kappa shape index (κ2) is 8.33. The van der Waals surface area contributed by atoms with Crippen molar-refractivity contribution in [2.45, 2.75) is 11.5 Å². The third kappa shape index (κ3) is 6.01. The molecule has 4 nitrogen and oxygen atoms in total. The Morgan fingerprint density at radius 3 is 2.05 bits per heavy atom. The Balaban J connectivity index is 2.65. The topological polar surface area (TPSA) is 36.9 Å². The quantitative estimate of drug-likeness (QED) is 0.516. The number of ether oxygens (including phenoxy) is 4. The van der Waals surface area contributed by atoms with Crippen LogP contribution >= 0.6 is 15.9 Å². The van der Waals surface area contributed by atoms with E-state index in [2.05, 4.69) is 20.7 Å². The molecule has 1 rings (SSSR count). The molecule has 120 valence electrons. The summed E-state index contributed by atoms with van der Waals surface area (Å²) in [6, 6.07) is 3.51. The van der Waals surface area contributed by atoms with Gasteiger partial charge in [-0.1, -0.05) is 15.9 Å². The zero-order valence-electron chi connectivity index (χ0n) is 11.6. The second-order valence-electron chi connectivity index (χ2n) is 3.98. The molecular formula is C13H16BrF3O4. The summed E-state index contributed by atoms with van der Waals surface area (Å²) in [5.41, 5.74) is 0.921. The fourth-order valence-electron chi connectivity index (χ4n) is 1.54. The van der Waals surface area contributed by atoms with Gasteiger partial charge < -0.3 is 18.9 Å². The normalized spacial score (nSPS) is 11.3. The Bertz CT molecular complexity index is 427. The highest BCUT2D eigenvalue weighted by molar-refractivity contribution is 9.08. The van der Waals surface area contributed by atoms with Crippen LogP contribution in [0.2, 0.25) is 0 Å². The minimum Gasteiger partial charge on any atom is -0.493 e. The molecule has 0 fully saturated rings. The molecule has 0 amide bonds. The summed E-state index contributed by atoms with van der Waals surface area (Å²) in [5, 5.41) is 0.606. The first-order valence-corrected chi connectivity index (χ1v) is 7.11. The minimum absolute atomic E-state index is 0.0452. The molecule has 0 aliphatic carbocycles. The highest BCUT2D eigenvalue weighted by Crippen LogP contribution is 2.39. The van der Waals surface area contributed by atoms with Crippen LogP contribution in [0.1, 0.15) is 5.56 Å². The van der Waals surface area contributed by atoms with Crippen LogP contribution in [0.15, 0.2) is 12.1 Å². The van der Waals surface area contributed by atoms with Crippen molar-refractivity contribution < 1.29 is 32.1 Å². The lowest BCUT2D eigenvalue weighted by atomic mass is 10.2. The zero-order chi connectivity index (χ0) is 15.9. The van der Waals surface area contributed by atoms with E-state index >= 15 is 0 Å². The van der Waals surface area contributed by atoms with Crippen molar-refractivity contribution in [1.29, 1.82) is 0 Å². The van der Waals surface area contributed by atoms with Gasteiger partial charge in [-0.15, -0.1) is 0 Å². The molecule has 0 radical (unpaired) electrons. The van der Waals surface area contributed by atoms with E-state index < -0.39 is 12.8 Å². The standard InChI is InChI=1S/C13H16BrF3O4/c1-18-10-5-9(7-14)6-11(19-2)12(10)21-4-3-20-8-13(15,16)17/h5-6H,3-4,7-8H2,1-2H3. The number of methoxy groups -OCH3 is 2. The van der Waals surface area contributed by atoms with Crippen molar-refractivity contribution in [3.05, 3.63) is 17.7 Å². The molecule has 0 saturated heterocycles. The maximum atomic E-state index is 11.9. The fraction of sp³-hybridized carbons (Fsp3) is 0.538. The highest BCUT2D eigenvalue weighted by atomic mass is 79.9. The molecule has 0 unspecified atom stereocenters. The smallest absolute Gasteiger partial charge is 0.411 e. The van der Waals surface area contributed by atoms with E-state index in [9.17, 15) is 13.2 Å². The van der Waals surface area contributed by atoms with E-state index in [-0.39, 0.29) is 13.2 Å². The molecule has 0 heterocycles. The van der Waals surface area contributed by atoms with Gasteiger partial charge in [-0.3, -0.25) is 0 Å². The van der Waals surface area contributed by atoms with Crippen LogP contribution in [-0.4, -0.2) is 40.2 Å². The average molecular weight is 373 g/mol. The average Bonchev–Trinajstić information content (AvgIpc) is 2.45. The van der Waals surface area contributed by atoms with E-state index in [4.69, 9.17) is 14.2 Å². The van der Waals surface area contributed by atoms with Gasteiger partial charge in [-0.05, 0) is 17.7 Å². The number of benzene rings is 1. The van der Waals surface area contributed by atoms with Gasteiger partial charge in [0.25, 0.3) is 0 Å². The summed E-state index contributed by atoms with van der Waals surface area (Å²) in [6.07, 6.45) is -4.34. The predicted octanol–water partition coefficient (Wildman–Crippen LogP) is 3.56.